The second-order valence-electron chi connectivity index (χ2n) is 8.58. The highest BCUT2D eigenvalue weighted by molar-refractivity contribution is 5.89. The van der Waals surface area contributed by atoms with Gasteiger partial charge in [0.1, 0.15) is 11.6 Å². The van der Waals surface area contributed by atoms with Gasteiger partial charge >= 0.3 is 6.11 Å². The molecule has 9 heteroatoms. The summed E-state index contributed by atoms with van der Waals surface area (Å²) >= 11 is 0. The molecule has 0 saturated heterocycles. The third-order valence-electron chi connectivity index (χ3n) is 5.91. The average Bonchev–Trinajstić information content (AvgIpc) is 2.85. The molecule has 4 rings (SSSR count). The highest BCUT2D eigenvalue weighted by Gasteiger charge is 2.32. The summed E-state index contributed by atoms with van der Waals surface area (Å²) < 4.78 is 116. The van der Waals surface area contributed by atoms with E-state index in [1.165, 1.54) is 42.5 Å². The molecule has 4 aromatic carbocycles. The lowest BCUT2D eigenvalue weighted by molar-refractivity contribution is -0.180. The minimum absolute atomic E-state index is 0.00891. The topological polar surface area (TPSA) is 9.23 Å². The Morgan fingerprint density at radius 2 is 1.35 bits per heavy atom. The maximum Gasteiger partial charge on any atom is 0.398 e. The van der Waals surface area contributed by atoms with Crippen molar-refractivity contribution >= 4 is 10.8 Å². The first-order valence-electron chi connectivity index (χ1n) is 11.4. The van der Waals surface area contributed by atoms with Gasteiger partial charge in [-0.3, -0.25) is 0 Å². The first-order chi connectivity index (χ1) is 17.5. The van der Waals surface area contributed by atoms with E-state index in [1.54, 1.807) is 0 Å². The Morgan fingerprint density at radius 1 is 0.703 bits per heavy atom. The molecule has 4 aromatic rings. The van der Waals surface area contributed by atoms with Crippen molar-refractivity contribution in [3.8, 4) is 16.9 Å². The van der Waals surface area contributed by atoms with Gasteiger partial charge in [0.05, 0.1) is 11.8 Å². The average molecular weight is 524 g/mol. The molecule has 1 nitrogen and oxygen atoms in total. The van der Waals surface area contributed by atoms with Crippen molar-refractivity contribution in [3.63, 3.8) is 0 Å². The Labute approximate surface area is 207 Å². The lowest BCUT2D eigenvalue weighted by Crippen LogP contribution is -2.25. The standard InChI is InChI=1S/C28H20F8O/c1-2-3-18-12-17-8-9-20(25(32)23(17)27(34)24(18)31)16-6-4-15(5-7-16)10-11-28(35,36)37-19-13-21(29)26(33)22(30)14-19/h4-9,12-14H,2-3,10-11H2,1H3. The number of alkyl halides is 2. The van der Waals surface area contributed by atoms with Gasteiger partial charge in [-0.2, -0.15) is 8.78 Å². The largest absolute Gasteiger partial charge is 0.432 e. The molecule has 0 aromatic heterocycles. The quantitative estimate of drug-likeness (QED) is 0.165. The second kappa shape index (κ2) is 10.4. The van der Waals surface area contributed by atoms with Gasteiger partial charge in [-0.05, 0) is 41.0 Å². The summed E-state index contributed by atoms with van der Waals surface area (Å²) in [6, 6.07) is 10.8. The summed E-state index contributed by atoms with van der Waals surface area (Å²) in [5, 5.41) is -0.243. The monoisotopic (exact) mass is 524 g/mol. The molecule has 0 aliphatic heterocycles. The van der Waals surface area contributed by atoms with Gasteiger partial charge in [-0.15, -0.1) is 0 Å². The van der Waals surface area contributed by atoms with Crippen LogP contribution in [0, 0.1) is 34.9 Å². The van der Waals surface area contributed by atoms with Crippen molar-refractivity contribution in [1.29, 1.82) is 0 Å². The van der Waals surface area contributed by atoms with Crippen molar-refractivity contribution in [2.45, 2.75) is 38.7 Å². The molecule has 0 spiro atoms. The molecular formula is C28H20F8O. The lowest BCUT2D eigenvalue weighted by Gasteiger charge is -2.18. The zero-order valence-corrected chi connectivity index (χ0v) is 19.5. The van der Waals surface area contributed by atoms with E-state index in [0.29, 0.717) is 36.1 Å². The number of benzene rings is 4. The van der Waals surface area contributed by atoms with Crippen LogP contribution in [0.3, 0.4) is 0 Å². The number of hydrogen-bond donors (Lipinski definition) is 0. The summed E-state index contributed by atoms with van der Waals surface area (Å²) in [6.07, 6.45) is -4.01. The van der Waals surface area contributed by atoms with Crippen LogP contribution >= 0.6 is 0 Å². The Kier molecular flexibility index (Phi) is 7.43. The highest BCUT2D eigenvalue weighted by Crippen LogP contribution is 2.34. The van der Waals surface area contributed by atoms with Gasteiger partial charge < -0.3 is 4.74 Å². The predicted molar refractivity (Wildman–Crippen MR) is 123 cm³/mol. The van der Waals surface area contributed by atoms with Crippen LogP contribution in [-0.4, -0.2) is 6.11 Å². The summed E-state index contributed by atoms with van der Waals surface area (Å²) in [6.45, 7) is 1.82. The van der Waals surface area contributed by atoms with Gasteiger partial charge in [-0.25, -0.2) is 26.3 Å². The Morgan fingerprint density at radius 3 is 1.97 bits per heavy atom. The van der Waals surface area contributed by atoms with Crippen LogP contribution in [0.25, 0.3) is 21.9 Å². The fraction of sp³-hybridized carbons (Fsp3) is 0.214. The molecule has 0 heterocycles. The molecule has 194 valence electrons. The second-order valence-corrected chi connectivity index (χ2v) is 8.58. The van der Waals surface area contributed by atoms with Crippen LogP contribution < -0.4 is 4.74 Å². The first kappa shape index (κ1) is 26.4. The molecule has 0 fully saturated rings. The fourth-order valence-electron chi connectivity index (χ4n) is 4.07. The van der Waals surface area contributed by atoms with Crippen molar-refractivity contribution in [2.75, 3.05) is 0 Å². The molecule has 0 amide bonds. The van der Waals surface area contributed by atoms with E-state index in [9.17, 15) is 30.7 Å². The molecule has 0 radical (unpaired) electrons. The normalized spacial score (nSPS) is 11.8. The molecule has 0 bridgehead atoms. The molecule has 0 atom stereocenters. The summed E-state index contributed by atoms with van der Waals surface area (Å²) in [5.74, 6) is -9.28. The summed E-state index contributed by atoms with van der Waals surface area (Å²) in [5.41, 5.74) is 0.904. The molecule has 0 unspecified atom stereocenters. The number of hydrogen-bond acceptors (Lipinski definition) is 1. The van der Waals surface area contributed by atoms with Crippen LogP contribution in [0.5, 0.6) is 5.75 Å². The maximum atomic E-state index is 15.2. The SMILES string of the molecule is CCCc1cc2ccc(-c3ccc(CCC(F)(F)Oc4cc(F)c(F)c(F)c4)cc3)c(F)c2c(F)c1F. The maximum absolute atomic E-state index is 15.2. The predicted octanol–water partition coefficient (Wildman–Crippen LogP) is 8.90. The number of rotatable bonds is 8. The lowest BCUT2D eigenvalue weighted by atomic mass is 9.96. The van der Waals surface area contributed by atoms with E-state index in [4.69, 9.17) is 0 Å². The van der Waals surface area contributed by atoms with Gasteiger partial charge in [0.2, 0.25) is 0 Å². The zero-order chi connectivity index (χ0) is 26.9. The smallest absolute Gasteiger partial charge is 0.398 e. The van der Waals surface area contributed by atoms with E-state index in [1.807, 2.05) is 6.92 Å². The minimum atomic E-state index is -3.82. The van der Waals surface area contributed by atoms with Crippen LogP contribution in [-0.2, 0) is 12.8 Å². The van der Waals surface area contributed by atoms with Crippen molar-refractivity contribution in [1.82, 2.24) is 0 Å². The molecule has 0 saturated carbocycles. The first-order valence-corrected chi connectivity index (χ1v) is 11.4. The van der Waals surface area contributed by atoms with Crippen molar-refractivity contribution in [2.24, 2.45) is 0 Å². The van der Waals surface area contributed by atoms with E-state index in [0.717, 1.165) is 0 Å². The van der Waals surface area contributed by atoms with Crippen molar-refractivity contribution < 1.29 is 39.9 Å². The number of aryl methyl sites for hydroxylation is 2. The Hall–Kier alpha value is -3.62. The van der Waals surface area contributed by atoms with Gasteiger partial charge in [0.15, 0.2) is 29.1 Å². The van der Waals surface area contributed by atoms with Gasteiger partial charge in [-0.1, -0.05) is 49.7 Å². The van der Waals surface area contributed by atoms with Gasteiger partial charge in [0, 0.05) is 17.7 Å². The van der Waals surface area contributed by atoms with Gasteiger partial charge in [0.25, 0.3) is 0 Å². The zero-order valence-electron chi connectivity index (χ0n) is 19.5. The molecular weight excluding hydrogens is 504 g/mol. The van der Waals surface area contributed by atoms with Crippen LogP contribution in [0.15, 0.2) is 54.6 Å². The van der Waals surface area contributed by atoms with E-state index in [2.05, 4.69) is 4.74 Å². The Balaban J connectivity index is 1.51. The molecule has 37 heavy (non-hydrogen) atoms. The number of halogens is 8. The van der Waals surface area contributed by atoms with Crippen LogP contribution in [0.2, 0.25) is 0 Å². The molecule has 0 aliphatic rings. The van der Waals surface area contributed by atoms with Crippen LogP contribution in [0.4, 0.5) is 35.1 Å². The minimum Gasteiger partial charge on any atom is -0.432 e. The van der Waals surface area contributed by atoms with E-state index >= 15 is 4.39 Å². The molecule has 0 aliphatic carbocycles. The summed E-state index contributed by atoms with van der Waals surface area (Å²) in [4.78, 5) is 0. The van der Waals surface area contributed by atoms with Crippen molar-refractivity contribution in [3.05, 3.63) is 101 Å². The number of ether oxygens (including phenoxy) is 1. The molecule has 0 N–H and O–H groups in total. The third kappa shape index (κ3) is 5.55. The number of fused-ring (bicyclic) bond motifs is 1. The fourth-order valence-corrected chi connectivity index (χ4v) is 4.07. The summed E-state index contributed by atoms with van der Waals surface area (Å²) in [7, 11) is 0. The van der Waals surface area contributed by atoms with E-state index in [-0.39, 0.29) is 22.9 Å². The van der Waals surface area contributed by atoms with Crippen LogP contribution in [0.1, 0.15) is 30.9 Å². The van der Waals surface area contributed by atoms with E-state index < -0.39 is 58.6 Å². The highest BCUT2D eigenvalue weighted by atomic mass is 19.3. The third-order valence-corrected chi connectivity index (χ3v) is 5.91. The Bertz CT molecular complexity index is 1420.